The topological polar surface area (TPSA) is 67.9 Å². The molecule has 0 aromatic heterocycles. The normalized spacial score (nSPS) is 22.3. The van der Waals surface area contributed by atoms with Gasteiger partial charge in [0.2, 0.25) is 5.91 Å². The van der Waals surface area contributed by atoms with E-state index >= 15 is 0 Å². The fraction of sp³-hybridized carbons (Fsp3) is 0.391. The molecule has 1 N–H and O–H groups in total. The molecule has 2 aromatic carbocycles. The summed E-state index contributed by atoms with van der Waals surface area (Å²) in [7, 11) is 3.07. The molecule has 0 saturated carbocycles. The minimum atomic E-state index is -0.603. The summed E-state index contributed by atoms with van der Waals surface area (Å²) in [6, 6.07) is 12.8. The molecule has 2 aliphatic heterocycles. The second-order valence-corrected chi connectivity index (χ2v) is 9.83. The number of carbonyl (C=O) groups is 2. The molecular formula is C23H26N2O4S. The number of hydrogen-bond acceptors (Lipinski definition) is 5. The van der Waals surface area contributed by atoms with Gasteiger partial charge in [-0.25, -0.2) is 0 Å². The summed E-state index contributed by atoms with van der Waals surface area (Å²) in [6.07, 6.45) is 0. The summed E-state index contributed by atoms with van der Waals surface area (Å²) < 4.78 is 10.4. The van der Waals surface area contributed by atoms with Crippen LogP contribution in [0.15, 0.2) is 42.5 Å². The van der Waals surface area contributed by atoms with Gasteiger partial charge in [0.1, 0.15) is 11.4 Å². The van der Waals surface area contributed by atoms with Gasteiger partial charge in [0, 0.05) is 10.3 Å². The largest absolute Gasteiger partial charge is 0.493 e. The number of ether oxygens (including phenoxy) is 2. The Bertz CT molecular complexity index is 992. The van der Waals surface area contributed by atoms with Gasteiger partial charge < -0.3 is 19.7 Å². The summed E-state index contributed by atoms with van der Waals surface area (Å²) in [4.78, 5) is 28.6. The van der Waals surface area contributed by atoms with Gasteiger partial charge in [-0.15, -0.1) is 11.8 Å². The predicted molar refractivity (Wildman–Crippen MR) is 117 cm³/mol. The van der Waals surface area contributed by atoms with Crippen molar-refractivity contribution in [1.29, 1.82) is 0 Å². The van der Waals surface area contributed by atoms with Crippen LogP contribution in [-0.2, 0) is 4.79 Å². The molecular weight excluding hydrogens is 400 g/mol. The Balaban J connectivity index is 1.67. The highest BCUT2D eigenvalue weighted by atomic mass is 32.2. The molecule has 0 radical (unpaired) electrons. The molecule has 2 amide bonds. The Morgan fingerprint density at radius 1 is 1.13 bits per heavy atom. The number of benzene rings is 2. The summed E-state index contributed by atoms with van der Waals surface area (Å²) in [5.41, 5.74) is 2.37. The van der Waals surface area contributed by atoms with E-state index in [1.807, 2.05) is 63.2 Å². The van der Waals surface area contributed by atoms with E-state index in [-0.39, 0.29) is 23.2 Å². The van der Waals surface area contributed by atoms with Crippen molar-refractivity contribution in [2.45, 2.75) is 43.0 Å². The highest BCUT2D eigenvalue weighted by Crippen LogP contribution is 2.58. The molecule has 6 nitrogen and oxygen atoms in total. The van der Waals surface area contributed by atoms with Crippen LogP contribution in [0.3, 0.4) is 0 Å². The number of carbonyl (C=O) groups excluding carboxylic acids is 2. The molecule has 1 fully saturated rings. The Labute approximate surface area is 180 Å². The van der Waals surface area contributed by atoms with Crippen LogP contribution >= 0.6 is 11.8 Å². The Morgan fingerprint density at radius 2 is 1.83 bits per heavy atom. The van der Waals surface area contributed by atoms with Crippen molar-refractivity contribution in [2.75, 3.05) is 14.2 Å². The summed E-state index contributed by atoms with van der Waals surface area (Å²) >= 11 is 1.62. The lowest BCUT2D eigenvalue weighted by molar-refractivity contribution is -0.126. The van der Waals surface area contributed by atoms with E-state index in [0.29, 0.717) is 17.1 Å². The van der Waals surface area contributed by atoms with Crippen LogP contribution in [0.1, 0.15) is 53.7 Å². The van der Waals surface area contributed by atoms with E-state index < -0.39 is 10.8 Å². The van der Waals surface area contributed by atoms with Crippen molar-refractivity contribution >= 4 is 23.6 Å². The third-order valence-electron chi connectivity index (χ3n) is 5.80. The van der Waals surface area contributed by atoms with Gasteiger partial charge in [0.25, 0.3) is 5.91 Å². The third kappa shape index (κ3) is 3.12. The molecule has 4 rings (SSSR count). The molecule has 0 bridgehead atoms. The van der Waals surface area contributed by atoms with E-state index in [1.165, 1.54) is 7.11 Å². The summed E-state index contributed by atoms with van der Waals surface area (Å²) in [6.45, 7) is 5.98. The molecule has 0 unspecified atom stereocenters. The van der Waals surface area contributed by atoms with Crippen LogP contribution in [-0.4, -0.2) is 41.7 Å². The van der Waals surface area contributed by atoms with E-state index in [2.05, 4.69) is 5.32 Å². The lowest BCUT2D eigenvalue weighted by Gasteiger charge is -2.30. The molecule has 2 heterocycles. The maximum atomic E-state index is 13.5. The van der Waals surface area contributed by atoms with Gasteiger partial charge in [-0.1, -0.05) is 36.4 Å². The Hall–Kier alpha value is -2.67. The highest BCUT2D eigenvalue weighted by Gasteiger charge is 2.58. The number of amides is 2. The number of thioether (sulfide) groups is 1. The number of fused-ring (bicyclic) bond motifs is 3. The van der Waals surface area contributed by atoms with Crippen molar-refractivity contribution in [3.8, 4) is 11.5 Å². The Kier molecular flexibility index (Phi) is 5.18. The van der Waals surface area contributed by atoms with Gasteiger partial charge in [-0.05, 0) is 32.4 Å². The lowest BCUT2D eigenvalue weighted by atomic mass is 9.99. The molecule has 30 heavy (non-hydrogen) atoms. The number of rotatable bonds is 5. The first kappa shape index (κ1) is 20.6. The molecule has 2 aliphatic rings. The Morgan fingerprint density at radius 3 is 2.47 bits per heavy atom. The monoisotopic (exact) mass is 426 g/mol. The van der Waals surface area contributed by atoms with Gasteiger partial charge in [-0.3, -0.25) is 9.59 Å². The molecule has 7 heteroatoms. The SMILES string of the molecule is COc1ccc2c(c1OC)C(=O)N1[C@H]2SC(C)(C)[C@H]1C(=O)N[C@@H](C)c1ccccc1. The predicted octanol–water partition coefficient (Wildman–Crippen LogP) is 3.93. The first-order valence-corrected chi connectivity index (χ1v) is 10.8. The van der Waals surface area contributed by atoms with Crippen LogP contribution in [0, 0.1) is 0 Å². The zero-order valence-electron chi connectivity index (χ0n) is 17.8. The first-order chi connectivity index (χ1) is 14.3. The smallest absolute Gasteiger partial charge is 0.260 e. The fourth-order valence-electron chi connectivity index (χ4n) is 4.37. The molecule has 3 atom stereocenters. The number of nitrogens with zero attached hydrogens (tertiary/aromatic N) is 1. The minimum absolute atomic E-state index is 0.154. The van der Waals surface area contributed by atoms with Crippen LogP contribution in [0.4, 0.5) is 0 Å². The van der Waals surface area contributed by atoms with Crippen molar-refractivity contribution in [2.24, 2.45) is 0 Å². The average Bonchev–Trinajstić information content (AvgIpc) is 3.16. The van der Waals surface area contributed by atoms with Gasteiger partial charge >= 0.3 is 0 Å². The summed E-state index contributed by atoms with van der Waals surface area (Å²) in [5.74, 6) is 0.577. The van der Waals surface area contributed by atoms with Crippen molar-refractivity contribution in [3.63, 3.8) is 0 Å². The quantitative estimate of drug-likeness (QED) is 0.785. The van der Waals surface area contributed by atoms with Crippen LogP contribution in [0.2, 0.25) is 0 Å². The molecule has 158 valence electrons. The molecule has 1 saturated heterocycles. The summed E-state index contributed by atoms with van der Waals surface area (Å²) in [5, 5.41) is 2.87. The maximum Gasteiger partial charge on any atom is 0.260 e. The van der Waals surface area contributed by atoms with E-state index in [0.717, 1.165) is 11.1 Å². The second kappa shape index (κ2) is 7.54. The van der Waals surface area contributed by atoms with Crippen LogP contribution in [0.5, 0.6) is 11.5 Å². The lowest BCUT2D eigenvalue weighted by Crippen LogP contribution is -2.52. The average molecular weight is 427 g/mol. The minimum Gasteiger partial charge on any atom is -0.493 e. The second-order valence-electron chi connectivity index (χ2n) is 8.09. The zero-order chi connectivity index (χ0) is 21.6. The van der Waals surface area contributed by atoms with Crippen molar-refractivity contribution in [1.82, 2.24) is 10.2 Å². The van der Waals surface area contributed by atoms with Gasteiger partial charge in [0.15, 0.2) is 11.5 Å². The number of nitrogens with one attached hydrogen (secondary N) is 1. The standard InChI is InChI=1S/C23H26N2O4S/c1-13(14-9-7-6-8-10-14)24-20(26)19-23(2,3)30-22-15-11-12-16(28-4)18(29-5)17(15)21(27)25(19)22/h6-13,19,22H,1-5H3,(H,24,26)/t13-,19+,22-/m0/s1. The van der Waals surface area contributed by atoms with Crippen LogP contribution < -0.4 is 14.8 Å². The van der Waals surface area contributed by atoms with E-state index in [9.17, 15) is 9.59 Å². The first-order valence-electron chi connectivity index (χ1n) is 9.90. The van der Waals surface area contributed by atoms with Gasteiger partial charge in [-0.2, -0.15) is 0 Å². The van der Waals surface area contributed by atoms with Crippen molar-refractivity contribution in [3.05, 3.63) is 59.2 Å². The molecule has 0 aliphatic carbocycles. The third-order valence-corrected chi connectivity index (χ3v) is 7.34. The molecule has 0 spiro atoms. The van der Waals surface area contributed by atoms with Crippen LogP contribution in [0.25, 0.3) is 0 Å². The van der Waals surface area contributed by atoms with Gasteiger partial charge in [0.05, 0.1) is 25.8 Å². The van der Waals surface area contributed by atoms with E-state index in [4.69, 9.17) is 9.47 Å². The molecule has 2 aromatic rings. The zero-order valence-corrected chi connectivity index (χ0v) is 18.6. The number of hydrogen-bond donors (Lipinski definition) is 1. The fourth-order valence-corrected chi connectivity index (χ4v) is 5.95. The number of methoxy groups -OCH3 is 2. The maximum absolute atomic E-state index is 13.5. The highest BCUT2D eigenvalue weighted by molar-refractivity contribution is 8.01. The van der Waals surface area contributed by atoms with Crippen molar-refractivity contribution < 1.29 is 19.1 Å². The van der Waals surface area contributed by atoms with E-state index in [1.54, 1.807) is 23.8 Å².